The Morgan fingerprint density at radius 3 is 1.27 bits per heavy atom. The first-order chi connectivity index (χ1) is 29.5. The topological polar surface area (TPSA) is 3.24 Å². The third-order valence-corrected chi connectivity index (χ3v) is 12.7. The molecular weight excluding hydrogens is 723 g/mol. The van der Waals surface area contributed by atoms with E-state index in [2.05, 4.69) is 243 Å². The average molecular weight is 766 g/mol. The first kappa shape index (κ1) is 35.7. The highest BCUT2D eigenvalue weighted by Crippen LogP contribution is 2.54. The lowest BCUT2D eigenvalue weighted by molar-refractivity contribution is 0.660. The number of benzene rings is 10. The number of rotatable bonds is 7. The predicted molar refractivity (Wildman–Crippen MR) is 255 cm³/mol. The highest BCUT2D eigenvalue weighted by molar-refractivity contribution is 6.22. The van der Waals surface area contributed by atoms with Crippen LogP contribution in [0.15, 0.2) is 224 Å². The van der Waals surface area contributed by atoms with Gasteiger partial charge in [-0.05, 0) is 108 Å². The average Bonchev–Trinajstić information content (AvgIpc) is 3.54. The Labute approximate surface area is 352 Å². The molecular formula is C59H43N. The maximum Gasteiger partial charge on any atom is 0.0624 e. The van der Waals surface area contributed by atoms with Crippen LogP contribution in [-0.2, 0) is 5.41 Å². The van der Waals surface area contributed by atoms with Crippen molar-refractivity contribution in [3.63, 3.8) is 0 Å². The van der Waals surface area contributed by atoms with E-state index in [0.717, 1.165) is 11.4 Å². The van der Waals surface area contributed by atoms with E-state index in [1.54, 1.807) is 0 Å². The summed E-state index contributed by atoms with van der Waals surface area (Å²) in [5.41, 5.74) is 18.3. The van der Waals surface area contributed by atoms with Gasteiger partial charge in [-0.1, -0.05) is 208 Å². The van der Waals surface area contributed by atoms with Gasteiger partial charge in [-0.25, -0.2) is 0 Å². The van der Waals surface area contributed by atoms with Crippen LogP contribution in [0.2, 0.25) is 0 Å². The molecule has 10 aromatic carbocycles. The smallest absolute Gasteiger partial charge is 0.0624 e. The third kappa shape index (κ3) is 5.93. The maximum atomic E-state index is 2.52. The summed E-state index contributed by atoms with van der Waals surface area (Å²) < 4.78 is 0. The zero-order chi connectivity index (χ0) is 40.2. The van der Waals surface area contributed by atoms with Crippen molar-refractivity contribution in [1.29, 1.82) is 0 Å². The van der Waals surface area contributed by atoms with Crippen molar-refractivity contribution < 1.29 is 0 Å². The molecule has 0 unspecified atom stereocenters. The molecule has 0 spiro atoms. The molecule has 10 aromatic rings. The normalized spacial score (nSPS) is 12.6. The van der Waals surface area contributed by atoms with Gasteiger partial charge in [0, 0.05) is 27.7 Å². The van der Waals surface area contributed by atoms with Crippen LogP contribution in [0.4, 0.5) is 17.1 Å². The van der Waals surface area contributed by atoms with Gasteiger partial charge in [0.25, 0.3) is 0 Å². The summed E-state index contributed by atoms with van der Waals surface area (Å²) >= 11 is 0. The van der Waals surface area contributed by atoms with Crippen LogP contribution in [0, 0.1) is 0 Å². The Bertz CT molecular complexity index is 3180. The number of fused-ring (bicyclic) bond motifs is 6. The monoisotopic (exact) mass is 765 g/mol. The van der Waals surface area contributed by atoms with Gasteiger partial charge in [-0.2, -0.15) is 0 Å². The second-order valence-electron chi connectivity index (χ2n) is 16.5. The molecule has 0 aliphatic heterocycles. The Morgan fingerprint density at radius 1 is 0.300 bits per heavy atom. The molecule has 1 aliphatic rings. The van der Waals surface area contributed by atoms with E-state index in [1.807, 2.05) is 0 Å². The van der Waals surface area contributed by atoms with Crippen molar-refractivity contribution in [2.75, 3.05) is 4.90 Å². The Morgan fingerprint density at radius 2 is 0.683 bits per heavy atom. The lowest BCUT2D eigenvalue weighted by Gasteiger charge is -2.32. The van der Waals surface area contributed by atoms with Crippen molar-refractivity contribution in [2.45, 2.75) is 19.3 Å². The van der Waals surface area contributed by atoms with Crippen LogP contribution in [0.3, 0.4) is 0 Å². The molecule has 0 atom stereocenters. The molecule has 1 aliphatic carbocycles. The highest BCUT2D eigenvalue weighted by atomic mass is 15.1. The second kappa shape index (κ2) is 14.4. The third-order valence-electron chi connectivity index (χ3n) is 12.7. The van der Waals surface area contributed by atoms with E-state index < -0.39 is 0 Å². The molecule has 11 rings (SSSR count). The molecule has 0 amide bonds. The molecule has 284 valence electrons. The van der Waals surface area contributed by atoms with E-state index in [1.165, 1.54) is 94.0 Å². The zero-order valence-electron chi connectivity index (χ0n) is 33.8. The largest absolute Gasteiger partial charge is 0.309 e. The molecule has 1 nitrogen and oxygen atoms in total. The number of nitrogens with zero attached hydrogens (tertiary/aromatic N) is 1. The fourth-order valence-electron chi connectivity index (χ4n) is 9.62. The minimum absolute atomic E-state index is 0.208. The van der Waals surface area contributed by atoms with Gasteiger partial charge < -0.3 is 4.90 Å². The summed E-state index contributed by atoms with van der Waals surface area (Å²) in [6.07, 6.45) is 0. The van der Waals surface area contributed by atoms with Crippen molar-refractivity contribution in [3.8, 4) is 55.6 Å². The van der Waals surface area contributed by atoms with Gasteiger partial charge in [0.15, 0.2) is 0 Å². The summed E-state index contributed by atoms with van der Waals surface area (Å²) in [7, 11) is 0. The summed E-state index contributed by atoms with van der Waals surface area (Å²) in [5.74, 6) is 0. The summed E-state index contributed by atoms with van der Waals surface area (Å²) in [6, 6.07) is 82.4. The minimum atomic E-state index is -0.208. The Balaban J connectivity index is 1.12. The molecule has 0 aromatic heterocycles. The van der Waals surface area contributed by atoms with Crippen LogP contribution in [0.25, 0.3) is 77.2 Å². The minimum Gasteiger partial charge on any atom is -0.309 e. The maximum absolute atomic E-state index is 2.52. The molecule has 0 saturated carbocycles. The van der Waals surface area contributed by atoms with Gasteiger partial charge in [0.05, 0.1) is 5.69 Å². The van der Waals surface area contributed by atoms with Gasteiger partial charge in [0.2, 0.25) is 0 Å². The SMILES string of the molecule is CC1(C)c2cc(-c3ccccc3)ccc2-c2ccc(N(c3ccc(-c4ccc(-c5ccccc5)cc4)cc3)c3c(-c4ccccc4)c4ccccc4c4ccccc34)cc21. The fourth-order valence-corrected chi connectivity index (χ4v) is 9.62. The van der Waals surface area contributed by atoms with Gasteiger partial charge in [0.1, 0.15) is 0 Å². The van der Waals surface area contributed by atoms with Gasteiger partial charge in [-0.3, -0.25) is 0 Å². The molecule has 0 fully saturated rings. The summed E-state index contributed by atoms with van der Waals surface area (Å²) in [5, 5.41) is 4.95. The molecule has 0 radical (unpaired) electrons. The first-order valence-electron chi connectivity index (χ1n) is 20.9. The highest BCUT2D eigenvalue weighted by Gasteiger charge is 2.37. The van der Waals surface area contributed by atoms with Crippen LogP contribution in [-0.4, -0.2) is 0 Å². The van der Waals surface area contributed by atoms with Crippen LogP contribution in [0.1, 0.15) is 25.0 Å². The van der Waals surface area contributed by atoms with Crippen LogP contribution in [0.5, 0.6) is 0 Å². The van der Waals surface area contributed by atoms with Gasteiger partial charge in [-0.15, -0.1) is 0 Å². The molecule has 60 heavy (non-hydrogen) atoms. The lowest BCUT2D eigenvalue weighted by atomic mass is 9.81. The van der Waals surface area contributed by atoms with Crippen LogP contribution >= 0.6 is 0 Å². The number of anilines is 3. The Hall–Kier alpha value is -7.48. The summed E-state index contributed by atoms with van der Waals surface area (Å²) in [6.45, 7) is 4.78. The van der Waals surface area contributed by atoms with E-state index in [9.17, 15) is 0 Å². The van der Waals surface area contributed by atoms with Crippen molar-refractivity contribution in [3.05, 3.63) is 236 Å². The number of hydrogen-bond acceptors (Lipinski definition) is 1. The molecule has 1 heteroatoms. The van der Waals surface area contributed by atoms with E-state index in [4.69, 9.17) is 0 Å². The van der Waals surface area contributed by atoms with E-state index in [-0.39, 0.29) is 5.41 Å². The molecule has 0 saturated heterocycles. The van der Waals surface area contributed by atoms with E-state index in [0.29, 0.717) is 0 Å². The summed E-state index contributed by atoms with van der Waals surface area (Å²) in [4.78, 5) is 2.52. The van der Waals surface area contributed by atoms with Gasteiger partial charge >= 0.3 is 0 Å². The van der Waals surface area contributed by atoms with E-state index >= 15 is 0 Å². The van der Waals surface area contributed by atoms with Crippen molar-refractivity contribution in [2.24, 2.45) is 0 Å². The predicted octanol–water partition coefficient (Wildman–Crippen LogP) is 16.4. The lowest BCUT2D eigenvalue weighted by Crippen LogP contribution is -2.17. The van der Waals surface area contributed by atoms with Crippen molar-refractivity contribution in [1.82, 2.24) is 0 Å². The Kier molecular flexibility index (Phi) is 8.57. The van der Waals surface area contributed by atoms with Crippen LogP contribution < -0.4 is 4.90 Å². The quantitative estimate of drug-likeness (QED) is 0.146. The zero-order valence-corrected chi connectivity index (χ0v) is 33.8. The molecule has 0 heterocycles. The second-order valence-corrected chi connectivity index (χ2v) is 16.5. The van der Waals surface area contributed by atoms with Crippen molar-refractivity contribution >= 4 is 38.6 Å². The first-order valence-corrected chi connectivity index (χ1v) is 20.9. The number of hydrogen-bond donors (Lipinski definition) is 0. The molecule has 0 N–H and O–H groups in total. The fraction of sp³-hybridized carbons (Fsp3) is 0.0508. The molecule has 0 bridgehead atoms. The standard InChI is InChI=1S/C59H43N/c1-59(2)55-38-46(41-18-8-4-9-19-41)32-36-51(55)52-37-35-48(39-56(52)59)60(47-33-30-44(31-34-47)43-28-26-42(27-29-43)40-16-6-3-7-17-40)58-54-25-15-13-23-50(54)49-22-12-14-24-53(49)57(58)45-20-10-5-11-21-45/h3-39H,1-2H3.